The van der Waals surface area contributed by atoms with Crippen LogP contribution in [-0.4, -0.2) is 16.7 Å². The first-order chi connectivity index (χ1) is 7.72. The second kappa shape index (κ2) is 3.81. The van der Waals surface area contributed by atoms with Crippen LogP contribution in [0.25, 0.3) is 0 Å². The lowest BCUT2D eigenvalue weighted by Gasteiger charge is -2.35. The molecule has 3 atom stereocenters. The zero-order valence-electron chi connectivity index (χ0n) is 9.78. The molecule has 88 valence electrons. The molecule has 0 aliphatic heterocycles. The van der Waals surface area contributed by atoms with Gasteiger partial charge in [0.2, 0.25) is 0 Å². The van der Waals surface area contributed by atoms with Gasteiger partial charge in [0.25, 0.3) is 0 Å². The van der Waals surface area contributed by atoms with Gasteiger partial charge in [0.1, 0.15) is 0 Å². The van der Waals surface area contributed by atoms with E-state index in [0.717, 1.165) is 23.3 Å². The quantitative estimate of drug-likeness (QED) is 0.877. The Labute approximate surface area is 101 Å². The van der Waals surface area contributed by atoms with Crippen molar-refractivity contribution in [2.75, 3.05) is 6.61 Å². The van der Waals surface area contributed by atoms with Crippen molar-refractivity contribution in [2.45, 2.75) is 39.0 Å². The molecule has 1 aromatic rings. The molecule has 2 aliphatic carbocycles. The average Bonchev–Trinajstić information content (AvgIpc) is 2.94. The van der Waals surface area contributed by atoms with E-state index in [0.29, 0.717) is 6.61 Å². The minimum absolute atomic E-state index is 0.196. The van der Waals surface area contributed by atoms with E-state index < -0.39 is 0 Å². The van der Waals surface area contributed by atoms with Crippen LogP contribution < -0.4 is 0 Å². The van der Waals surface area contributed by atoms with Gasteiger partial charge in [-0.1, -0.05) is 6.42 Å². The Balaban J connectivity index is 1.81. The molecule has 1 N–H and O–H groups in total. The van der Waals surface area contributed by atoms with Gasteiger partial charge >= 0.3 is 0 Å². The van der Waals surface area contributed by atoms with Gasteiger partial charge in [-0.2, -0.15) is 0 Å². The van der Waals surface area contributed by atoms with Crippen LogP contribution in [0.1, 0.15) is 35.6 Å². The number of aliphatic hydroxyl groups excluding tert-OH is 1. The molecular weight excluding hydrogens is 218 g/mol. The number of hydrogen-bond donors (Lipinski definition) is 1. The van der Waals surface area contributed by atoms with Crippen LogP contribution in [0, 0.1) is 24.2 Å². The van der Waals surface area contributed by atoms with Crippen LogP contribution >= 0.6 is 11.3 Å². The summed E-state index contributed by atoms with van der Waals surface area (Å²) in [6, 6.07) is 0. The topological polar surface area (TPSA) is 33.1 Å². The molecule has 2 nitrogen and oxygen atoms in total. The molecule has 1 heterocycles. The Bertz CT molecular complexity index is 389. The third kappa shape index (κ3) is 1.61. The smallest absolute Gasteiger partial charge is 0.0896 e. The van der Waals surface area contributed by atoms with Gasteiger partial charge in [0.15, 0.2) is 0 Å². The van der Waals surface area contributed by atoms with Crippen molar-refractivity contribution in [2.24, 2.45) is 17.3 Å². The minimum Gasteiger partial charge on any atom is -0.396 e. The first-order valence-corrected chi connectivity index (χ1v) is 7.06. The second-order valence-corrected chi connectivity index (χ2v) is 6.94. The molecule has 1 aromatic heterocycles. The number of fused-ring (bicyclic) bond motifs is 2. The number of aliphatic hydroxyl groups is 1. The summed E-state index contributed by atoms with van der Waals surface area (Å²) in [7, 11) is 0. The highest BCUT2D eigenvalue weighted by molar-refractivity contribution is 7.11. The van der Waals surface area contributed by atoms with Crippen LogP contribution in [0.15, 0.2) is 6.20 Å². The number of aromatic nitrogens is 1. The molecule has 0 saturated heterocycles. The second-order valence-electron chi connectivity index (χ2n) is 5.62. The fraction of sp³-hybridized carbons (Fsp3) is 0.769. The van der Waals surface area contributed by atoms with Crippen molar-refractivity contribution in [3.05, 3.63) is 16.1 Å². The maximum Gasteiger partial charge on any atom is 0.0896 e. The molecule has 3 rings (SSSR count). The van der Waals surface area contributed by atoms with E-state index in [1.807, 2.05) is 6.20 Å². The third-order valence-corrected chi connectivity index (χ3v) is 5.53. The molecule has 2 bridgehead atoms. The van der Waals surface area contributed by atoms with Crippen molar-refractivity contribution < 1.29 is 5.11 Å². The van der Waals surface area contributed by atoms with E-state index in [4.69, 9.17) is 0 Å². The molecule has 3 heteroatoms. The van der Waals surface area contributed by atoms with Crippen LogP contribution in [0.4, 0.5) is 0 Å². The number of aryl methyl sites for hydroxylation is 1. The highest BCUT2D eigenvalue weighted by Gasteiger charge is 2.50. The van der Waals surface area contributed by atoms with E-state index in [-0.39, 0.29) is 5.41 Å². The van der Waals surface area contributed by atoms with E-state index in [1.54, 1.807) is 11.3 Å². The molecule has 2 fully saturated rings. The maximum atomic E-state index is 9.79. The van der Waals surface area contributed by atoms with E-state index in [2.05, 4.69) is 11.9 Å². The standard InChI is InChI=1S/C13H19NOS/c1-9-14-7-12(16-9)6-13(8-15)5-10-2-3-11(13)4-10/h7,10-11,15H,2-6,8H2,1H3. The molecule has 2 aliphatic rings. The molecule has 2 saturated carbocycles. The van der Waals surface area contributed by atoms with Crippen molar-refractivity contribution >= 4 is 11.3 Å². The van der Waals surface area contributed by atoms with Gasteiger partial charge < -0.3 is 5.11 Å². The Morgan fingerprint density at radius 1 is 1.56 bits per heavy atom. The highest BCUT2D eigenvalue weighted by atomic mass is 32.1. The molecular formula is C13H19NOS. The lowest BCUT2D eigenvalue weighted by Crippen LogP contribution is -2.33. The van der Waals surface area contributed by atoms with E-state index >= 15 is 0 Å². The Morgan fingerprint density at radius 2 is 2.44 bits per heavy atom. The van der Waals surface area contributed by atoms with Crippen molar-refractivity contribution in [3.8, 4) is 0 Å². The third-order valence-electron chi connectivity index (χ3n) is 4.61. The summed E-state index contributed by atoms with van der Waals surface area (Å²) in [5, 5.41) is 10.9. The van der Waals surface area contributed by atoms with E-state index in [1.165, 1.54) is 30.6 Å². The monoisotopic (exact) mass is 237 g/mol. The van der Waals surface area contributed by atoms with Gasteiger partial charge in [-0.3, -0.25) is 0 Å². The van der Waals surface area contributed by atoms with Crippen LogP contribution in [0.2, 0.25) is 0 Å². The first-order valence-electron chi connectivity index (χ1n) is 6.24. The Kier molecular flexibility index (Phi) is 2.55. The maximum absolute atomic E-state index is 9.79. The number of hydrogen-bond acceptors (Lipinski definition) is 3. The van der Waals surface area contributed by atoms with Crippen molar-refractivity contribution in [1.29, 1.82) is 0 Å². The van der Waals surface area contributed by atoms with Gasteiger partial charge in [-0.15, -0.1) is 11.3 Å². The number of rotatable bonds is 3. The highest BCUT2D eigenvalue weighted by Crippen LogP contribution is 2.57. The molecule has 16 heavy (non-hydrogen) atoms. The zero-order chi connectivity index (χ0) is 11.2. The van der Waals surface area contributed by atoms with Crippen LogP contribution in [0.5, 0.6) is 0 Å². The molecule has 0 radical (unpaired) electrons. The van der Waals surface area contributed by atoms with Crippen LogP contribution in [-0.2, 0) is 6.42 Å². The lowest BCUT2D eigenvalue weighted by molar-refractivity contribution is 0.0659. The molecule has 0 aromatic carbocycles. The molecule has 3 unspecified atom stereocenters. The summed E-state index contributed by atoms with van der Waals surface area (Å²) in [4.78, 5) is 5.68. The summed E-state index contributed by atoms with van der Waals surface area (Å²) >= 11 is 1.79. The van der Waals surface area contributed by atoms with Gasteiger partial charge in [0.05, 0.1) is 5.01 Å². The summed E-state index contributed by atoms with van der Waals surface area (Å²) in [5.74, 6) is 1.66. The number of nitrogens with zero attached hydrogens (tertiary/aromatic N) is 1. The normalized spacial score (nSPS) is 37.1. The Morgan fingerprint density at radius 3 is 2.94 bits per heavy atom. The minimum atomic E-state index is 0.196. The van der Waals surface area contributed by atoms with Crippen molar-refractivity contribution in [3.63, 3.8) is 0 Å². The summed E-state index contributed by atoms with van der Waals surface area (Å²) in [5.41, 5.74) is 0.196. The summed E-state index contributed by atoms with van der Waals surface area (Å²) in [6.45, 7) is 2.42. The molecule has 0 spiro atoms. The Hall–Kier alpha value is -0.410. The first kappa shape index (κ1) is 10.7. The predicted molar refractivity (Wildman–Crippen MR) is 65.5 cm³/mol. The van der Waals surface area contributed by atoms with Gasteiger partial charge in [-0.05, 0) is 44.4 Å². The lowest BCUT2D eigenvalue weighted by atomic mass is 9.71. The van der Waals surface area contributed by atoms with Gasteiger partial charge in [-0.25, -0.2) is 4.98 Å². The average molecular weight is 237 g/mol. The fourth-order valence-electron chi connectivity index (χ4n) is 3.86. The fourth-order valence-corrected chi connectivity index (χ4v) is 4.81. The summed E-state index contributed by atoms with van der Waals surface area (Å²) in [6.07, 6.45) is 8.39. The molecule has 0 amide bonds. The van der Waals surface area contributed by atoms with E-state index in [9.17, 15) is 5.11 Å². The SMILES string of the molecule is Cc1ncc(CC2(CO)CC3CCC2C3)s1. The largest absolute Gasteiger partial charge is 0.396 e. The number of thiazole rings is 1. The predicted octanol–water partition coefficient (Wildman–Crippen LogP) is 2.79. The summed E-state index contributed by atoms with van der Waals surface area (Å²) < 4.78 is 0. The van der Waals surface area contributed by atoms with Crippen LogP contribution in [0.3, 0.4) is 0 Å². The zero-order valence-corrected chi connectivity index (χ0v) is 10.6. The van der Waals surface area contributed by atoms with Gasteiger partial charge in [0, 0.05) is 23.1 Å². The van der Waals surface area contributed by atoms with Crippen molar-refractivity contribution in [1.82, 2.24) is 4.98 Å².